The summed E-state index contributed by atoms with van der Waals surface area (Å²) in [5.74, 6) is 0.974. The molecule has 128 valence electrons. The summed E-state index contributed by atoms with van der Waals surface area (Å²) in [5, 5.41) is 24.7. The molecule has 1 N–H and O–H groups in total. The van der Waals surface area contributed by atoms with Crippen molar-refractivity contribution in [2.24, 2.45) is 0 Å². The highest BCUT2D eigenvalue weighted by molar-refractivity contribution is 5.38. The van der Waals surface area contributed by atoms with Gasteiger partial charge in [0.25, 0.3) is 0 Å². The van der Waals surface area contributed by atoms with Crippen molar-refractivity contribution in [1.29, 1.82) is 0 Å². The van der Waals surface area contributed by atoms with Gasteiger partial charge < -0.3 is 10.0 Å². The smallest absolute Gasteiger partial charge is 0.306 e. The molecule has 0 radical (unpaired) electrons. The fourth-order valence-electron chi connectivity index (χ4n) is 2.82. The first-order chi connectivity index (χ1) is 11.6. The van der Waals surface area contributed by atoms with E-state index in [0.29, 0.717) is 6.54 Å². The fourth-order valence-corrected chi connectivity index (χ4v) is 2.82. The summed E-state index contributed by atoms with van der Waals surface area (Å²) in [6.07, 6.45) is 3.70. The number of aliphatic hydroxyl groups is 1. The molecule has 24 heavy (non-hydrogen) atoms. The minimum atomic E-state index is -0.620. The Kier molecular flexibility index (Phi) is 5.02. The number of aromatic nitrogens is 3. The molecule has 9 heteroatoms. The summed E-state index contributed by atoms with van der Waals surface area (Å²) in [7, 11) is 0. The Hall–Kier alpha value is -2.52. The summed E-state index contributed by atoms with van der Waals surface area (Å²) in [5.41, 5.74) is -0.0637. The van der Waals surface area contributed by atoms with Gasteiger partial charge in [-0.25, -0.2) is 4.98 Å². The van der Waals surface area contributed by atoms with Crippen molar-refractivity contribution in [3.05, 3.63) is 46.9 Å². The normalized spacial score (nSPS) is 17.0. The van der Waals surface area contributed by atoms with Gasteiger partial charge in [0.15, 0.2) is 0 Å². The lowest BCUT2D eigenvalue weighted by atomic mass is 10.2. The van der Waals surface area contributed by atoms with Crippen LogP contribution in [0.2, 0.25) is 0 Å². The Morgan fingerprint density at radius 2 is 2.04 bits per heavy atom. The number of anilines is 1. The minimum Gasteiger partial charge on any atom is -0.390 e. The van der Waals surface area contributed by atoms with Gasteiger partial charge in [-0.1, -0.05) is 6.07 Å². The van der Waals surface area contributed by atoms with E-state index in [0.717, 1.165) is 32.0 Å². The fraction of sp³-hybridized carbons (Fsp3) is 0.467. The summed E-state index contributed by atoms with van der Waals surface area (Å²) in [6, 6.07) is 5.87. The molecule has 1 aliphatic heterocycles. The van der Waals surface area contributed by atoms with Crippen LogP contribution in [0.25, 0.3) is 0 Å². The Morgan fingerprint density at radius 1 is 1.25 bits per heavy atom. The summed E-state index contributed by atoms with van der Waals surface area (Å²) in [6.45, 7) is 4.16. The number of nitrogens with zero attached hydrogens (tertiary/aromatic N) is 6. The molecular formula is C15H20N6O3. The average molecular weight is 332 g/mol. The third kappa shape index (κ3) is 4.06. The van der Waals surface area contributed by atoms with Crippen LogP contribution in [-0.4, -0.2) is 68.5 Å². The zero-order valence-electron chi connectivity index (χ0n) is 13.2. The number of pyridine rings is 1. The molecule has 0 saturated carbocycles. The third-order valence-corrected chi connectivity index (χ3v) is 4.04. The lowest BCUT2D eigenvalue weighted by Gasteiger charge is -2.36. The molecule has 1 aliphatic rings. The molecule has 0 spiro atoms. The molecule has 2 aromatic rings. The molecule has 0 bridgehead atoms. The number of β-amino-alcohol motifs (C(OH)–C–C–N with tert-alkyl or cyclic N) is 1. The highest BCUT2D eigenvalue weighted by Crippen LogP contribution is 2.13. The first-order valence-corrected chi connectivity index (χ1v) is 7.85. The van der Waals surface area contributed by atoms with Gasteiger partial charge in [0, 0.05) is 38.9 Å². The van der Waals surface area contributed by atoms with Crippen molar-refractivity contribution in [1.82, 2.24) is 19.7 Å². The van der Waals surface area contributed by atoms with E-state index >= 15 is 0 Å². The second kappa shape index (κ2) is 7.37. The van der Waals surface area contributed by atoms with Crippen molar-refractivity contribution in [3.63, 3.8) is 0 Å². The maximum Gasteiger partial charge on any atom is 0.306 e. The standard InChI is InChI=1S/C15H20N6O3/c22-14(12-20-10-13(9-17-20)21(23)24)11-18-5-7-19(8-6-18)15-3-1-2-4-16-15/h1-4,9-10,14,22H,5-8,11-12H2. The maximum absolute atomic E-state index is 10.6. The predicted molar refractivity (Wildman–Crippen MR) is 87.8 cm³/mol. The van der Waals surface area contributed by atoms with Gasteiger partial charge in [-0.3, -0.25) is 19.7 Å². The lowest BCUT2D eigenvalue weighted by Crippen LogP contribution is -2.49. The average Bonchev–Trinajstić information content (AvgIpc) is 3.05. The number of hydrogen-bond donors (Lipinski definition) is 1. The van der Waals surface area contributed by atoms with E-state index in [1.807, 2.05) is 18.2 Å². The molecular weight excluding hydrogens is 312 g/mol. The van der Waals surface area contributed by atoms with E-state index in [1.165, 1.54) is 17.1 Å². The molecule has 1 fully saturated rings. The van der Waals surface area contributed by atoms with Crippen molar-refractivity contribution in [2.75, 3.05) is 37.6 Å². The molecule has 0 amide bonds. The van der Waals surface area contributed by atoms with Gasteiger partial charge in [0.05, 0.1) is 17.6 Å². The Labute approximate surface area is 139 Å². The first-order valence-electron chi connectivity index (χ1n) is 7.85. The van der Waals surface area contributed by atoms with Gasteiger partial charge in [-0.2, -0.15) is 5.10 Å². The van der Waals surface area contributed by atoms with Crippen LogP contribution >= 0.6 is 0 Å². The van der Waals surface area contributed by atoms with Gasteiger partial charge in [0.1, 0.15) is 18.2 Å². The second-order valence-electron chi connectivity index (χ2n) is 5.81. The molecule has 3 rings (SSSR count). The van der Waals surface area contributed by atoms with Crippen molar-refractivity contribution in [2.45, 2.75) is 12.6 Å². The van der Waals surface area contributed by atoms with Gasteiger partial charge in [0.2, 0.25) is 0 Å². The minimum absolute atomic E-state index is 0.0637. The number of aliphatic hydroxyl groups excluding tert-OH is 1. The zero-order chi connectivity index (χ0) is 16.9. The Morgan fingerprint density at radius 3 is 2.67 bits per heavy atom. The van der Waals surface area contributed by atoms with Crippen LogP contribution in [0.15, 0.2) is 36.8 Å². The lowest BCUT2D eigenvalue weighted by molar-refractivity contribution is -0.385. The second-order valence-corrected chi connectivity index (χ2v) is 5.81. The topological polar surface area (TPSA) is 101 Å². The molecule has 0 aromatic carbocycles. The molecule has 2 aromatic heterocycles. The van der Waals surface area contributed by atoms with Crippen LogP contribution in [0.4, 0.5) is 11.5 Å². The highest BCUT2D eigenvalue weighted by atomic mass is 16.6. The van der Waals surface area contributed by atoms with Crippen LogP contribution in [-0.2, 0) is 6.54 Å². The molecule has 1 saturated heterocycles. The maximum atomic E-state index is 10.6. The van der Waals surface area contributed by atoms with E-state index in [4.69, 9.17) is 0 Å². The van der Waals surface area contributed by atoms with Crippen LogP contribution in [0.3, 0.4) is 0 Å². The Bertz CT molecular complexity index is 669. The number of nitro groups is 1. The van der Waals surface area contributed by atoms with Crippen LogP contribution in [0, 0.1) is 10.1 Å². The molecule has 3 heterocycles. The van der Waals surface area contributed by atoms with E-state index < -0.39 is 11.0 Å². The largest absolute Gasteiger partial charge is 0.390 e. The Balaban J connectivity index is 1.46. The zero-order valence-corrected chi connectivity index (χ0v) is 13.2. The van der Waals surface area contributed by atoms with Gasteiger partial charge >= 0.3 is 5.69 Å². The monoisotopic (exact) mass is 332 g/mol. The van der Waals surface area contributed by atoms with Crippen LogP contribution < -0.4 is 4.90 Å². The van der Waals surface area contributed by atoms with Crippen molar-refractivity contribution < 1.29 is 10.0 Å². The van der Waals surface area contributed by atoms with E-state index in [9.17, 15) is 15.2 Å². The third-order valence-electron chi connectivity index (χ3n) is 4.04. The van der Waals surface area contributed by atoms with Crippen LogP contribution in [0.5, 0.6) is 0 Å². The highest BCUT2D eigenvalue weighted by Gasteiger charge is 2.20. The predicted octanol–water partition coefficient (Wildman–Crippen LogP) is 0.369. The van der Waals surface area contributed by atoms with E-state index in [1.54, 1.807) is 6.20 Å². The molecule has 0 aliphatic carbocycles. The van der Waals surface area contributed by atoms with Gasteiger partial charge in [-0.05, 0) is 12.1 Å². The molecule has 1 atom stereocenters. The molecule has 1 unspecified atom stereocenters. The number of hydrogen-bond acceptors (Lipinski definition) is 7. The van der Waals surface area contributed by atoms with Crippen LogP contribution in [0.1, 0.15) is 0 Å². The SMILES string of the molecule is O=[N+]([O-])c1cnn(CC(O)CN2CCN(c3ccccn3)CC2)c1. The summed E-state index contributed by atoms with van der Waals surface area (Å²) in [4.78, 5) is 18.9. The number of rotatable bonds is 6. The van der Waals surface area contributed by atoms with Crippen molar-refractivity contribution in [3.8, 4) is 0 Å². The van der Waals surface area contributed by atoms with Crippen molar-refractivity contribution >= 4 is 11.5 Å². The van der Waals surface area contributed by atoms with Gasteiger partial charge in [-0.15, -0.1) is 0 Å². The number of piperazine rings is 1. The quantitative estimate of drug-likeness (QED) is 0.602. The summed E-state index contributed by atoms with van der Waals surface area (Å²) >= 11 is 0. The summed E-state index contributed by atoms with van der Waals surface area (Å²) < 4.78 is 1.41. The van der Waals surface area contributed by atoms with E-state index in [2.05, 4.69) is 19.9 Å². The molecule has 9 nitrogen and oxygen atoms in total. The van der Waals surface area contributed by atoms with E-state index in [-0.39, 0.29) is 12.2 Å². The first kappa shape index (κ1) is 16.3.